The van der Waals surface area contributed by atoms with E-state index < -0.39 is 29.3 Å². The van der Waals surface area contributed by atoms with Crippen LogP contribution < -0.4 is 10.2 Å². The normalized spacial score (nSPS) is 20.5. The van der Waals surface area contributed by atoms with Gasteiger partial charge in [-0.25, -0.2) is 9.59 Å². The summed E-state index contributed by atoms with van der Waals surface area (Å²) < 4.78 is 10.3. The summed E-state index contributed by atoms with van der Waals surface area (Å²) in [6, 6.07) is 7.33. The lowest BCUT2D eigenvalue weighted by molar-refractivity contribution is -0.149. The number of aryl methyl sites for hydroxylation is 1. The molecule has 1 saturated heterocycles. The number of hydrogen-bond acceptors (Lipinski definition) is 8. The van der Waals surface area contributed by atoms with E-state index in [1.54, 1.807) is 6.07 Å². The number of amides is 2. The molecule has 1 N–H and O–H groups in total. The molecule has 166 valence electrons. The molecule has 3 heterocycles. The Bertz CT molecular complexity index is 1160. The van der Waals surface area contributed by atoms with Crippen LogP contribution in [0.2, 0.25) is 0 Å². The van der Waals surface area contributed by atoms with Gasteiger partial charge in [0.25, 0.3) is 5.91 Å². The highest BCUT2D eigenvalue weighted by atomic mass is 32.2. The summed E-state index contributed by atoms with van der Waals surface area (Å²) in [5.41, 5.74) is 2.00. The zero-order valence-electron chi connectivity index (χ0n) is 17.3. The number of rotatable bonds is 5. The maximum Gasteiger partial charge on any atom is 0.344 e. The molecule has 1 aromatic heterocycles. The predicted molar refractivity (Wildman–Crippen MR) is 119 cm³/mol. The van der Waals surface area contributed by atoms with Gasteiger partial charge in [-0.2, -0.15) is 0 Å². The Kier molecular flexibility index (Phi) is 5.21. The van der Waals surface area contributed by atoms with Gasteiger partial charge in [0.2, 0.25) is 5.91 Å². The Morgan fingerprint density at radius 1 is 1.19 bits per heavy atom. The molecule has 32 heavy (non-hydrogen) atoms. The Morgan fingerprint density at radius 3 is 2.81 bits per heavy atom. The first-order valence-corrected chi connectivity index (χ1v) is 11.9. The molecule has 0 radical (unpaired) electrons. The van der Waals surface area contributed by atoms with Crippen molar-refractivity contribution in [1.29, 1.82) is 0 Å². The van der Waals surface area contributed by atoms with Crippen molar-refractivity contribution in [2.45, 2.75) is 41.9 Å². The van der Waals surface area contributed by atoms with E-state index in [9.17, 15) is 19.2 Å². The second kappa shape index (κ2) is 7.93. The molecule has 8 nitrogen and oxygen atoms in total. The average Bonchev–Trinajstić information content (AvgIpc) is 3.52. The van der Waals surface area contributed by atoms with E-state index in [-0.39, 0.29) is 12.3 Å². The third-order valence-electron chi connectivity index (χ3n) is 5.89. The van der Waals surface area contributed by atoms with Gasteiger partial charge in [-0.05, 0) is 37.0 Å². The summed E-state index contributed by atoms with van der Waals surface area (Å²) >= 11 is 2.64. The number of carbonyl (C=O) groups excluding carboxylic acids is 4. The van der Waals surface area contributed by atoms with Crippen LogP contribution in [0.15, 0.2) is 29.2 Å². The molecule has 2 aliphatic heterocycles. The quantitative estimate of drug-likeness (QED) is 0.667. The molecular formula is C22H20N2O6S2. The Morgan fingerprint density at radius 2 is 2.00 bits per heavy atom. The molecule has 2 amide bonds. The van der Waals surface area contributed by atoms with Crippen LogP contribution in [0.4, 0.5) is 10.7 Å². The van der Waals surface area contributed by atoms with Gasteiger partial charge in [-0.15, -0.1) is 11.3 Å². The van der Waals surface area contributed by atoms with E-state index >= 15 is 0 Å². The Hall–Kier alpha value is -2.85. The molecule has 1 unspecified atom stereocenters. The Balaban J connectivity index is 1.29. The van der Waals surface area contributed by atoms with Gasteiger partial charge in [0.05, 0.1) is 18.4 Å². The van der Waals surface area contributed by atoms with Gasteiger partial charge < -0.3 is 14.8 Å². The van der Waals surface area contributed by atoms with Crippen LogP contribution in [0, 0.1) is 0 Å². The number of para-hydroxylation sites is 1. The fraction of sp³-hybridized carbons (Fsp3) is 0.364. The van der Waals surface area contributed by atoms with E-state index in [1.165, 1.54) is 35.1 Å². The molecule has 1 fully saturated rings. The summed E-state index contributed by atoms with van der Waals surface area (Å²) in [4.78, 5) is 52.6. The minimum atomic E-state index is -1.18. The van der Waals surface area contributed by atoms with Crippen molar-refractivity contribution in [2.24, 2.45) is 0 Å². The van der Waals surface area contributed by atoms with Crippen LogP contribution in [0.5, 0.6) is 0 Å². The third kappa shape index (κ3) is 3.20. The number of benzene rings is 1. The van der Waals surface area contributed by atoms with Gasteiger partial charge in [-0.3, -0.25) is 14.5 Å². The molecule has 1 aromatic carbocycles. The second-order valence-corrected chi connectivity index (χ2v) is 10.2. The largest absolute Gasteiger partial charge is 0.465 e. The lowest BCUT2D eigenvalue weighted by Crippen LogP contribution is -2.48. The van der Waals surface area contributed by atoms with Gasteiger partial charge >= 0.3 is 11.9 Å². The van der Waals surface area contributed by atoms with Crippen molar-refractivity contribution in [3.63, 3.8) is 0 Å². The van der Waals surface area contributed by atoms with E-state index in [0.717, 1.165) is 34.6 Å². The number of fused-ring (bicyclic) bond motifs is 4. The molecule has 1 aliphatic carbocycles. The van der Waals surface area contributed by atoms with E-state index in [0.29, 0.717) is 22.7 Å². The van der Waals surface area contributed by atoms with Gasteiger partial charge in [0.1, 0.15) is 5.00 Å². The fourth-order valence-corrected chi connectivity index (χ4v) is 7.19. The van der Waals surface area contributed by atoms with Crippen molar-refractivity contribution >= 4 is 57.5 Å². The molecule has 0 bridgehead atoms. The molecule has 5 rings (SSSR count). The van der Waals surface area contributed by atoms with Crippen LogP contribution in [0.3, 0.4) is 0 Å². The highest BCUT2D eigenvalue weighted by Gasteiger charge is 2.58. The van der Waals surface area contributed by atoms with Crippen LogP contribution >= 0.6 is 23.1 Å². The fourth-order valence-electron chi connectivity index (χ4n) is 4.49. The Labute approximate surface area is 192 Å². The zero-order valence-corrected chi connectivity index (χ0v) is 18.9. The molecule has 10 heteroatoms. The van der Waals surface area contributed by atoms with Crippen molar-refractivity contribution in [2.75, 3.05) is 23.9 Å². The number of nitrogens with one attached hydrogen (secondary N) is 1. The predicted octanol–water partition coefficient (Wildman–Crippen LogP) is 3.13. The average molecular weight is 473 g/mol. The smallest absolute Gasteiger partial charge is 0.344 e. The maximum atomic E-state index is 13.1. The summed E-state index contributed by atoms with van der Waals surface area (Å²) in [6.07, 6.45) is 3.15. The van der Waals surface area contributed by atoms with Gasteiger partial charge in [-0.1, -0.05) is 23.9 Å². The maximum absolute atomic E-state index is 13.1. The number of hydrogen-bond donors (Lipinski definition) is 1. The van der Waals surface area contributed by atoms with Crippen molar-refractivity contribution in [1.82, 2.24) is 0 Å². The van der Waals surface area contributed by atoms with E-state index in [1.807, 2.05) is 18.2 Å². The zero-order chi connectivity index (χ0) is 22.5. The summed E-state index contributed by atoms with van der Waals surface area (Å²) in [7, 11) is 1.31. The summed E-state index contributed by atoms with van der Waals surface area (Å²) in [5, 5.41) is 3.12. The number of esters is 2. The van der Waals surface area contributed by atoms with Crippen LogP contribution in [-0.2, 0) is 36.7 Å². The number of methoxy groups -OCH3 is 1. The number of thiophene rings is 1. The lowest BCUT2D eigenvalue weighted by Gasteiger charge is -2.28. The van der Waals surface area contributed by atoms with Crippen LogP contribution in [0.1, 0.15) is 40.1 Å². The molecule has 3 aliphatic rings. The highest BCUT2D eigenvalue weighted by molar-refractivity contribution is 8.02. The SMILES string of the molecule is COC(=O)c1c(NC(=O)COC(=O)C23CCC(=O)N2c2ccccc2S3)sc2c1CCC2. The summed E-state index contributed by atoms with van der Waals surface area (Å²) in [5.74, 6) is -1.80. The molecule has 0 spiro atoms. The monoisotopic (exact) mass is 472 g/mol. The molecule has 2 aromatic rings. The highest BCUT2D eigenvalue weighted by Crippen LogP contribution is 2.56. The molecule has 1 atom stereocenters. The topological polar surface area (TPSA) is 102 Å². The second-order valence-electron chi connectivity index (χ2n) is 7.76. The summed E-state index contributed by atoms with van der Waals surface area (Å²) in [6.45, 7) is -0.511. The lowest BCUT2D eigenvalue weighted by atomic mass is 10.1. The number of nitrogens with zero attached hydrogens (tertiary/aromatic N) is 1. The first kappa shape index (κ1) is 21.0. The molecular weight excluding hydrogens is 452 g/mol. The standard InChI is InChI=1S/C22H20N2O6S2/c1-29-20(27)18-12-5-4-8-14(12)31-19(18)23-16(25)11-30-21(28)22-10-9-17(26)24(22)13-6-2-3-7-15(13)32-22/h2-3,6-7H,4-5,8-11H2,1H3,(H,23,25). The van der Waals surface area contributed by atoms with E-state index in [2.05, 4.69) is 5.32 Å². The van der Waals surface area contributed by atoms with Crippen LogP contribution in [0.25, 0.3) is 0 Å². The first-order chi connectivity index (χ1) is 15.4. The van der Waals surface area contributed by atoms with E-state index in [4.69, 9.17) is 9.47 Å². The number of anilines is 2. The number of carbonyl (C=O) groups is 4. The number of ether oxygens (including phenoxy) is 2. The number of thioether (sulfide) groups is 1. The third-order valence-corrected chi connectivity index (χ3v) is 8.55. The van der Waals surface area contributed by atoms with Gasteiger partial charge in [0.15, 0.2) is 11.5 Å². The molecule has 0 saturated carbocycles. The van der Waals surface area contributed by atoms with Crippen molar-refractivity contribution in [3.05, 3.63) is 40.3 Å². The minimum absolute atomic E-state index is 0.139. The van der Waals surface area contributed by atoms with Crippen molar-refractivity contribution < 1.29 is 28.7 Å². The minimum Gasteiger partial charge on any atom is -0.465 e. The van der Waals surface area contributed by atoms with Gasteiger partial charge in [0, 0.05) is 22.6 Å². The van der Waals surface area contributed by atoms with Crippen LogP contribution in [-0.4, -0.2) is 42.3 Å². The van der Waals surface area contributed by atoms with Crippen molar-refractivity contribution in [3.8, 4) is 0 Å². The first-order valence-electron chi connectivity index (χ1n) is 10.3.